The van der Waals surface area contributed by atoms with Crippen molar-refractivity contribution in [3.8, 4) is 11.4 Å². The molecule has 0 bridgehead atoms. The van der Waals surface area contributed by atoms with Crippen LogP contribution >= 0.6 is 0 Å². The highest BCUT2D eigenvalue weighted by molar-refractivity contribution is 5.60. The Morgan fingerprint density at radius 1 is 1.16 bits per heavy atom. The maximum atomic E-state index is 11.0. The van der Waals surface area contributed by atoms with Crippen LogP contribution in [0.3, 0.4) is 0 Å². The third-order valence-corrected chi connectivity index (χ3v) is 4.86. The van der Waals surface area contributed by atoms with Crippen LogP contribution in [-0.2, 0) is 12.6 Å². The summed E-state index contributed by atoms with van der Waals surface area (Å²) >= 11 is 0. The Hall–Kier alpha value is -2.73. The molecule has 1 aliphatic rings. The molecule has 25 heavy (non-hydrogen) atoms. The summed E-state index contributed by atoms with van der Waals surface area (Å²) in [6.07, 6.45) is 4.26. The lowest BCUT2D eigenvalue weighted by molar-refractivity contribution is 0.0606. The van der Waals surface area contributed by atoms with Crippen molar-refractivity contribution in [1.29, 1.82) is 0 Å². The van der Waals surface area contributed by atoms with Crippen LogP contribution < -0.4 is 4.90 Å². The Morgan fingerprint density at radius 3 is 2.68 bits per heavy atom. The fraction of sp³-hybridized carbons (Fsp3) is 0.316. The van der Waals surface area contributed by atoms with Gasteiger partial charge in [0, 0.05) is 26.0 Å². The first-order valence-electron chi connectivity index (χ1n) is 8.42. The van der Waals surface area contributed by atoms with Gasteiger partial charge in [-0.15, -0.1) is 0 Å². The number of β-amino-alcohol motifs (C(OH)–C–C–N with tert-alkyl or cyclic N) is 1. The summed E-state index contributed by atoms with van der Waals surface area (Å²) in [6.45, 7) is 3.21. The third-order valence-electron chi connectivity index (χ3n) is 4.86. The summed E-state index contributed by atoms with van der Waals surface area (Å²) in [4.78, 5) is 11.3. The van der Waals surface area contributed by atoms with Gasteiger partial charge in [0.2, 0.25) is 5.95 Å². The molecule has 0 aliphatic carbocycles. The van der Waals surface area contributed by atoms with Crippen molar-refractivity contribution in [2.75, 3.05) is 18.0 Å². The molecule has 1 N–H and O–H groups in total. The number of benzene rings is 1. The highest BCUT2D eigenvalue weighted by atomic mass is 16.3. The maximum Gasteiger partial charge on any atom is 0.226 e. The van der Waals surface area contributed by atoms with E-state index in [0.29, 0.717) is 18.9 Å². The van der Waals surface area contributed by atoms with E-state index >= 15 is 0 Å². The fourth-order valence-electron chi connectivity index (χ4n) is 3.40. The van der Waals surface area contributed by atoms with Gasteiger partial charge in [-0.25, -0.2) is 9.97 Å². The van der Waals surface area contributed by atoms with Crippen LogP contribution in [0.5, 0.6) is 0 Å². The van der Waals surface area contributed by atoms with Gasteiger partial charge in [0.05, 0.1) is 17.9 Å². The molecule has 3 aromatic rings. The SMILES string of the molecule is Cc1cnc(N2CCC(O)(c3ccccc3)C2)nc1-c1ccnn1C. The van der Waals surface area contributed by atoms with Crippen molar-refractivity contribution in [3.63, 3.8) is 0 Å². The Balaban J connectivity index is 1.65. The molecule has 0 spiro atoms. The molecular weight excluding hydrogens is 314 g/mol. The van der Waals surface area contributed by atoms with E-state index in [9.17, 15) is 5.11 Å². The highest BCUT2D eigenvalue weighted by Gasteiger charge is 2.38. The van der Waals surface area contributed by atoms with E-state index in [1.165, 1.54) is 0 Å². The van der Waals surface area contributed by atoms with Crippen molar-refractivity contribution < 1.29 is 5.11 Å². The van der Waals surface area contributed by atoms with Crippen LogP contribution in [0.1, 0.15) is 17.5 Å². The molecule has 1 aromatic carbocycles. The largest absolute Gasteiger partial charge is 0.383 e. The fourth-order valence-corrected chi connectivity index (χ4v) is 3.40. The van der Waals surface area contributed by atoms with Gasteiger partial charge in [-0.2, -0.15) is 5.10 Å². The molecule has 1 aliphatic heterocycles. The van der Waals surface area contributed by atoms with E-state index in [2.05, 4.69) is 10.1 Å². The molecule has 1 atom stereocenters. The first kappa shape index (κ1) is 15.8. The molecule has 6 nitrogen and oxygen atoms in total. The van der Waals surface area contributed by atoms with Gasteiger partial charge >= 0.3 is 0 Å². The number of aromatic nitrogens is 4. The molecule has 3 heterocycles. The van der Waals surface area contributed by atoms with Gasteiger partial charge in [-0.05, 0) is 30.5 Å². The molecule has 2 aromatic heterocycles. The van der Waals surface area contributed by atoms with Crippen LogP contribution in [0.15, 0.2) is 48.8 Å². The van der Waals surface area contributed by atoms with E-state index in [1.54, 1.807) is 6.20 Å². The minimum Gasteiger partial charge on any atom is -0.383 e. The van der Waals surface area contributed by atoms with E-state index < -0.39 is 5.60 Å². The molecule has 1 fully saturated rings. The molecule has 1 saturated heterocycles. The average Bonchev–Trinajstić information content (AvgIpc) is 3.23. The number of hydrogen-bond acceptors (Lipinski definition) is 5. The van der Waals surface area contributed by atoms with Gasteiger partial charge in [-0.1, -0.05) is 30.3 Å². The maximum absolute atomic E-state index is 11.0. The summed E-state index contributed by atoms with van der Waals surface area (Å²) < 4.78 is 1.81. The van der Waals surface area contributed by atoms with E-state index in [1.807, 2.05) is 66.1 Å². The molecular formula is C19H21N5O. The standard InChI is InChI=1S/C19H21N5O/c1-14-12-20-18(22-17(14)16-8-10-21-23(16)2)24-11-9-19(25,13-24)15-6-4-3-5-7-15/h3-8,10,12,25H,9,11,13H2,1-2H3. The van der Waals surface area contributed by atoms with Crippen molar-refractivity contribution in [2.24, 2.45) is 7.05 Å². The first-order valence-corrected chi connectivity index (χ1v) is 8.42. The second-order valence-corrected chi connectivity index (χ2v) is 6.61. The third kappa shape index (κ3) is 2.78. The topological polar surface area (TPSA) is 67.1 Å². The molecule has 0 saturated carbocycles. The molecule has 4 rings (SSSR count). The molecule has 0 amide bonds. The van der Waals surface area contributed by atoms with Crippen LogP contribution in [0.25, 0.3) is 11.4 Å². The van der Waals surface area contributed by atoms with E-state index in [0.717, 1.165) is 29.1 Å². The summed E-state index contributed by atoms with van der Waals surface area (Å²) in [5.41, 5.74) is 2.92. The highest BCUT2D eigenvalue weighted by Crippen LogP contribution is 2.34. The summed E-state index contributed by atoms with van der Waals surface area (Å²) in [7, 11) is 1.90. The van der Waals surface area contributed by atoms with Crippen LogP contribution in [0, 0.1) is 6.92 Å². The Morgan fingerprint density at radius 2 is 1.96 bits per heavy atom. The molecule has 1 unspecified atom stereocenters. The number of hydrogen-bond donors (Lipinski definition) is 1. The van der Waals surface area contributed by atoms with Gasteiger partial charge in [0.25, 0.3) is 0 Å². The molecule has 6 heteroatoms. The van der Waals surface area contributed by atoms with Gasteiger partial charge in [0.1, 0.15) is 5.60 Å². The van der Waals surface area contributed by atoms with Gasteiger partial charge in [-0.3, -0.25) is 4.68 Å². The van der Waals surface area contributed by atoms with Crippen molar-refractivity contribution in [1.82, 2.24) is 19.7 Å². The lowest BCUT2D eigenvalue weighted by Gasteiger charge is -2.24. The van der Waals surface area contributed by atoms with Crippen molar-refractivity contribution in [2.45, 2.75) is 18.9 Å². The van der Waals surface area contributed by atoms with Crippen molar-refractivity contribution >= 4 is 5.95 Å². The van der Waals surface area contributed by atoms with E-state index in [-0.39, 0.29) is 0 Å². The number of aliphatic hydroxyl groups is 1. The minimum atomic E-state index is -0.859. The summed E-state index contributed by atoms with van der Waals surface area (Å²) in [6, 6.07) is 11.8. The zero-order valence-electron chi connectivity index (χ0n) is 14.4. The second kappa shape index (κ2) is 5.97. The molecule has 128 valence electrons. The lowest BCUT2D eigenvalue weighted by atomic mass is 9.93. The first-order chi connectivity index (χ1) is 12.1. The van der Waals surface area contributed by atoms with Crippen LogP contribution in [0.2, 0.25) is 0 Å². The predicted molar refractivity (Wildman–Crippen MR) is 96.1 cm³/mol. The number of aryl methyl sites for hydroxylation is 2. The zero-order valence-corrected chi connectivity index (χ0v) is 14.4. The Bertz CT molecular complexity index is 892. The quantitative estimate of drug-likeness (QED) is 0.795. The monoisotopic (exact) mass is 335 g/mol. The predicted octanol–water partition coefficient (Wildman–Crippen LogP) is 2.28. The number of rotatable bonds is 3. The van der Waals surface area contributed by atoms with Gasteiger partial charge < -0.3 is 10.0 Å². The Labute approximate surface area is 146 Å². The summed E-state index contributed by atoms with van der Waals surface area (Å²) in [5, 5.41) is 15.3. The number of anilines is 1. The van der Waals surface area contributed by atoms with E-state index in [4.69, 9.17) is 4.98 Å². The van der Waals surface area contributed by atoms with Gasteiger partial charge in [0.15, 0.2) is 0 Å². The Kier molecular flexibility index (Phi) is 3.77. The zero-order chi connectivity index (χ0) is 17.4. The summed E-state index contributed by atoms with van der Waals surface area (Å²) in [5.74, 6) is 0.647. The average molecular weight is 335 g/mol. The second-order valence-electron chi connectivity index (χ2n) is 6.61. The normalized spacial score (nSPS) is 20.2. The minimum absolute atomic E-state index is 0.491. The number of nitrogens with zero attached hydrogens (tertiary/aromatic N) is 5. The van der Waals surface area contributed by atoms with Crippen molar-refractivity contribution in [3.05, 3.63) is 59.9 Å². The van der Waals surface area contributed by atoms with Crippen LogP contribution in [0.4, 0.5) is 5.95 Å². The molecule has 0 radical (unpaired) electrons. The lowest BCUT2D eigenvalue weighted by Crippen LogP contribution is -2.31. The smallest absolute Gasteiger partial charge is 0.226 e. The van der Waals surface area contributed by atoms with Crippen LogP contribution in [-0.4, -0.2) is 37.9 Å².